The third kappa shape index (κ3) is 1.58. The summed E-state index contributed by atoms with van der Waals surface area (Å²) in [6.07, 6.45) is 4.67. The maximum absolute atomic E-state index is 6.34. The van der Waals surface area contributed by atoms with E-state index >= 15 is 0 Å². The molecule has 1 aliphatic carbocycles. The Balaban J connectivity index is 1.93. The van der Waals surface area contributed by atoms with Crippen molar-refractivity contribution in [2.24, 2.45) is 11.7 Å². The van der Waals surface area contributed by atoms with Gasteiger partial charge in [-0.3, -0.25) is 0 Å². The highest BCUT2D eigenvalue weighted by molar-refractivity contribution is 6.30. The second-order valence-corrected chi connectivity index (χ2v) is 5.08. The van der Waals surface area contributed by atoms with E-state index in [1.807, 2.05) is 0 Å². The summed E-state index contributed by atoms with van der Waals surface area (Å²) in [6.45, 7) is 1.76. The van der Waals surface area contributed by atoms with Gasteiger partial charge in [-0.05, 0) is 31.7 Å². The maximum atomic E-state index is 6.34. The Hall–Kier alpha value is -0.540. The number of halogens is 1. The Morgan fingerprint density at radius 2 is 2.20 bits per heavy atom. The zero-order valence-electron chi connectivity index (χ0n) is 8.75. The fourth-order valence-corrected chi connectivity index (χ4v) is 2.75. The van der Waals surface area contributed by atoms with Gasteiger partial charge in [0.1, 0.15) is 11.0 Å². The van der Waals surface area contributed by atoms with Crippen LogP contribution in [-0.4, -0.2) is 16.1 Å². The van der Waals surface area contributed by atoms with E-state index < -0.39 is 0 Å². The van der Waals surface area contributed by atoms with Crippen molar-refractivity contribution >= 4 is 11.6 Å². The lowest BCUT2D eigenvalue weighted by Crippen LogP contribution is -2.25. The molecule has 4 heteroatoms. The van der Waals surface area contributed by atoms with Crippen LogP contribution in [0.4, 0.5) is 0 Å². The minimum Gasteiger partial charge on any atom is -0.330 e. The number of nitrogens with two attached hydrogens (primary N) is 1. The summed E-state index contributed by atoms with van der Waals surface area (Å²) in [5, 5.41) is 0.892. The standard InChI is InChI=1S/C11H16ClN3/c12-11-10(8-1-2-8)14-9-5-7(6-13)3-4-15(9)11/h7-8H,1-6,13H2. The largest absolute Gasteiger partial charge is 0.330 e. The predicted molar refractivity (Wildman–Crippen MR) is 60.1 cm³/mol. The third-order valence-corrected chi connectivity index (χ3v) is 3.94. The van der Waals surface area contributed by atoms with Gasteiger partial charge >= 0.3 is 0 Å². The molecule has 0 saturated heterocycles. The van der Waals surface area contributed by atoms with Crippen LogP contribution < -0.4 is 5.73 Å². The van der Waals surface area contributed by atoms with Crippen LogP contribution >= 0.6 is 11.6 Å². The van der Waals surface area contributed by atoms with Crippen molar-refractivity contribution in [2.45, 2.75) is 38.1 Å². The Kier molecular flexibility index (Phi) is 2.25. The number of hydrogen-bond donors (Lipinski definition) is 1. The summed E-state index contributed by atoms with van der Waals surface area (Å²) in [5.74, 6) is 2.40. The zero-order chi connectivity index (χ0) is 10.4. The van der Waals surface area contributed by atoms with Gasteiger partial charge in [-0.1, -0.05) is 11.6 Å². The average Bonchev–Trinajstić information content (AvgIpc) is 3.04. The van der Waals surface area contributed by atoms with Gasteiger partial charge in [0.15, 0.2) is 0 Å². The minimum atomic E-state index is 0.600. The van der Waals surface area contributed by atoms with Gasteiger partial charge in [0.25, 0.3) is 0 Å². The molecule has 2 aliphatic rings. The van der Waals surface area contributed by atoms with Crippen LogP contribution in [0.1, 0.15) is 36.7 Å². The van der Waals surface area contributed by atoms with E-state index in [9.17, 15) is 0 Å². The molecule has 0 amide bonds. The molecule has 3 rings (SSSR count). The SMILES string of the molecule is NCC1CCn2c(nc(C3CC3)c2Cl)C1. The van der Waals surface area contributed by atoms with Crippen LogP contribution in [0.3, 0.4) is 0 Å². The molecule has 0 aromatic carbocycles. The number of nitrogens with zero attached hydrogens (tertiary/aromatic N) is 2. The lowest BCUT2D eigenvalue weighted by Gasteiger charge is -2.22. The Bertz CT molecular complexity index is 381. The molecular weight excluding hydrogens is 210 g/mol. The summed E-state index contributed by atoms with van der Waals surface area (Å²) >= 11 is 6.34. The van der Waals surface area contributed by atoms with Crippen molar-refractivity contribution < 1.29 is 0 Å². The first-order chi connectivity index (χ1) is 7.29. The lowest BCUT2D eigenvalue weighted by molar-refractivity contribution is 0.390. The topological polar surface area (TPSA) is 43.8 Å². The Labute approximate surface area is 94.6 Å². The Morgan fingerprint density at radius 3 is 2.87 bits per heavy atom. The van der Waals surface area contributed by atoms with Crippen LogP contribution in [0, 0.1) is 5.92 Å². The summed E-state index contributed by atoms with van der Waals surface area (Å²) in [6, 6.07) is 0. The van der Waals surface area contributed by atoms with Crippen molar-refractivity contribution in [1.82, 2.24) is 9.55 Å². The van der Waals surface area contributed by atoms with Crippen molar-refractivity contribution in [3.05, 3.63) is 16.7 Å². The van der Waals surface area contributed by atoms with Gasteiger partial charge in [-0.25, -0.2) is 4.98 Å². The second-order valence-electron chi connectivity index (χ2n) is 4.72. The molecule has 1 aromatic rings. The van der Waals surface area contributed by atoms with Crippen molar-refractivity contribution in [1.29, 1.82) is 0 Å². The van der Waals surface area contributed by atoms with Gasteiger partial charge < -0.3 is 10.3 Å². The van der Waals surface area contributed by atoms with E-state index in [2.05, 4.69) is 9.55 Å². The number of fused-ring (bicyclic) bond motifs is 1. The molecule has 2 heterocycles. The van der Waals surface area contributed by atoms with Crippen molar-refractivity contribution in [3.63, 3.8) is 0 Å². The average molecular weight is 226 g/mol. The molecule has 1 unspecified atom stereocenters. The van der Waals surface area contributed by atoms with E-state index in [0.717, 1.165) is 42.6 Å². The normalized spacial score (nSPS) is 25.3. The number of imidazole rings is 1. The quantitative estimate of drug-likeness (QED) is 0.836. The van der Waals surface area contributed by atoms with Gasteiger partial charge in [0.2, 0.25) is 0 Å². The molecule has 0 bridgehead atoms. The minimum absolute atomic E-state index is 0.600. The molecule has 3 nitrogen and oxygen atoms in total. The maximum Gasteiger partial charge on any atom is 0.132 e. The van der Waals surface area contributed by atoms with Crippen LogP contribution in [0.5, 0.6) is 0 Å². The third-order valence-electron chi connectivity index (χ3n) is 3.54. The molecule has 2 N–H and O–H groups in total. The van der Waals surface area contributed by atoms with Gasteiger partial charge in [0.05, 0.1) is 5.69 Å². The van der Waals surface area contributed by atoms with Crippen LogP contribution in [0.2, 0.25) is 5.15 Å². The Morgan fingerprint density at radius 1 is 1.40 bits per heavy atom. The van der Waals surface area contributed by atoms with Crippen molar-refractivity contribution in [2.75, 3.05) is 6.54 Å². The van der Waals surface area contributed by atoms with Crippen molar-refractivity contribution in [3.8, 4) is 0 Å². The fourth-order valence-electron chi connectivity index (χ4n) is 2.37. The summed E-state index contributed by atoms with van der Waals surface area (Å²) < 4.78 is 2.18. The first-order valence-electron chi connectivity index (χ1n) is 5.74. The van der Waals surface area contributed by atoms with Gasteiger partial charge in [0, 0.05) is 18.9 Å². The molecule has 82 valence electrons. The first kappa shape index (κ1) is 9.67. The monoisotopic (exact) mass is 225 g/mol. The van der Waals surface area contributed by atoms with Gasteiger partial charge in [-0.2, -0.15) is 0 Å². The van der Waals surface area contributed by atoms with E-state index in [4.69, 9.17) is 17.3 Å². The highest BCUT2D eigenvalue weighted by Crippen LogP contribution is 2.43. The smallest absolute Gasteiger partial charge is 0.132 e. The number of hydrogen-bond acceptors (Lipinski definition) is 2. The molecular formula is C11H16ClN3. The van der Waals surface area contributed by atoms with Crippen LogP contribution in [0.25, 0.3) is 0 Å². The van der Waals surface area contributed by atoms with Gasteiger partial charge in [-0.15, -0.1) is 0 Å². The number of rotatable bonds is 2. The van der Waals surface area contributed by atoms with Crippen LogP contribution in [0.15, 0.2) is 0 Å². The lowest BCUT2D eigenvalue weighted by atomic mass is 9.98. The van der Waals surface area contributed by atoms with E-state index in [0.29, 0.717) is 11.8 Å². The summed E-state index contributed by atoms with van der Waals surface area (Å²) in [7, 11) is 0. The second kappa shape index (κ2) is 3.49. The molecule has 1 saturated carbocycles. The summed E-state index contributed by atoms with van der Waals surface area (Å²) in [5.41, 5.74) is 6.85. The molecule has 0 radical (unpaired) electrons. The highest BCUT2D eigenvalue weighted by Gasteiger charge is 2.32. The predicted octanol–water partition coefficient (Wildman–Crippen LogP) is 1.93. The van der Waals surface area contributed by atoms with Crippen LogP contribution in [-0.2, 0) is 13.0 Å². The van der Waals surface area contributed by atoms with E-state index in [-0.39, 0.29) is 0 Å². The molecule has 0 spiro atoms. The fraction of sp³-hybridized carbons (Fsp3) is 0.727. The first-order valence-corrected chi connectivity index (χ1v) is 6.12. The molecule has 15 heavy (non-hydrogen) atoms. The summed E-state index contributed by atoms with van der Waals surface area (Å²) in [4.78, 5) is 4.69. The molecule has 1 fully saturated rings. The molecule has 1 aromatic heterocycles. The van der Waals surface area contributed by atoms with E-state index in [1.54, 1.807) is 0 Å². The zero-order valence-corrected chi connectivity index (χ0v) is 9.50. The molecule has 1 atom stereocenters. The highest BCUT2D eigenvalue weighted by atomic mass is 35.5. The van der Waals surface area contributed by atoms with E-state index in [1.165, 1.54) is 12.8 Å². The number of aromatic nitrogens is 2. The molecule has 1 aliphatic heterocycles.